The monoisotopic (exact) mass is 628 g/mol. The summed E-state index contributed by atoms with van der Waals surface area (Å²) in [7, 11) is -4.02. The molecule has 0 aliphatic carbocycles. The Labute approximate surface area is 241 Å². The number of carbonyl (C=O) groups excluding carboxylic acids is 2. The fourth-order valence-corrected chi connectivity index (χ4v) is 5.49. The van der Waals surface area contributed by atoms with Gasteiger partial charge in [-0.1, -0.05) is 33.6 Å². The molecule has 1 heterocycles. The lowest BCUT2D eigenvalue weighted by Crippen LogP contribution is -2.42. The number of halogens is 1. The van der Waals surface area contributed by atoms with E-state index in [2.05, 4.69) is 26.5 Å². The van der Waals surface area contributed by atoms with Gasteiger partial charge < -0.3 is 14.4 Å². The topological polar surface area (TPSA) is 118 Å². The number of hydrazone groups is 1. The van der Waals surface area contributed by atoms with Crippen LogP contribution in [-0.2, 0) is 24.3 Å². The Balaban J connectivity index is 1.36. The van der Waals surface area contributed by atoms with Crippen LogP contribution in [0.3, 0.4) is 0 Å². The van der Waals surface area contributed by atoms with Gasteiger partial charge in [0.1, 0.15) is 12.3 Å². The van der Waals surface area contributed by atoms with Crippen molar-refractivity contribution in [1.82, 2.24) is 10.3 Å². The first-order valence-electron chi connectivity index (χ1n) is 12.5. The van der Waals surface area contributed by atoms with E-state index in [1.807, 2.05) is 6.92 Å². The van der Waals surface area contributed by atoms with E-state index in [0.717, 1.165) is 14.3 Å². The maximum atomic E-state index is 13.4. The lowest BCUT2D eigenvalue weighted by Gasteiger charge is -2.26. The van der Waals surface area contributed by atoms with Crippen LogP contribution < -0.4 is 14.5 Å². The van der Waals surface area contributed by atoms with Crippen LogP contribution in [0.2, 0.25) is 0 Å². The van der Waals surface area contributed by atoms with Crippen molar-refractivity contribution >= 4 is 49.7 Å². The molecule has 1 saturated heterocycles. The molecule has 2 amide bonds. The summed E-state index contributed by atoms with van der Waals surface area (Å²) < 4.78 is 39.5. The lowest BCUT2D eigenvalue weighted by atomic mass is 10.2. The minimum Gasteiger partial charge on any atom is -0.484 e. The molecule has 0 saturated carbocycles. The molecule has 1 aliphatic rings. The highest BCUT2D eigenvalue weighted by atomic mass is 79.9. The number of ether oxygens (including phenoxy) is 2. The number of amides is 2. The van der Waals surface area contributed by atoms with E-state index >= 15 is 0 Å². The average Bonchev–Trinajstić information content (AvgIpc) is 2.96. The van der Waals surface area contributed by atoms with Crippen molar-refractivity contribution in [3.05, 3.63) is 88.4 Å². The molecule has 210 valence electrons. The third-order valence-corrected chi connectivity index (χ3v) is 8.34. The summed E-state index contributed by atoms with van der Waals surface area (Å²) in [5, 5.41) is 3.97. The predicted octanol–water partition coefficient (Wildman–Crippen LogP) is 3.34. The smallest absolute Gasteiger partial charge is 0.264 e. The molecule has 0 radical (unpaired) electrons. The summed E-state index contributed by atoms with van der Waals surface area (Å²) in [6.07, 6.45) is 1.43. The van der Waals surface area contributed by atoms with Crippen molar-refractivity contribution in [2.75, 3.05) is 43.8 Å². The maximum absolute atomic E-state index is 13.4. The van der Waals surface area contributed by atoms with Gasteiger partial charge in [-0.25, -0.2) is 13.8 Å². The van der Waals surface area contributed by atoms with E-state index in [9.17, 15) is 18.0 Å². The molecular formula is C28H29BrN4O6S. The van der Waals surface area contributed by atoms with Crippen molar-refractivity contribution in [1.29, 1.82) is 0 Å². The van der Waals surface area contributed by atoms with E-state index < -0.39 is 22.5 Å². The van der Waals surface area contributed by atoms with Crippen molar-refractivity contribution in [2.45, 2.75) is 11.8 Å². The van der Waals surface area contributed by atoms with Crippen LogP contribution >= 0.6 is 15.9 Å². The lowest BCUT2D eigenvalue weighted by molar-refractivity contribution is -0.137. The number of rotatable bonds is 10. The Morgan fingerprint density at radius 3 is 2.33 bits per heavy atom. The van der Waals surface area contributed by atoms with Crippen molar-refractivity contribution in [2.24, 2.45) is 5.10 Å². The Kier molecular flexibility index (Phi) is 9.91. The fraction of sp³-hybridized carbons (Fsp3) is 0.250. The van der Waals surface area contributed by atoms with Crippen LogP contribution in [0.5, 0.6) is 5.75 Å². The Morgan fingerprint density at radius 2 is 1.68 bits per heavy atom. The molecule has 10 nitrogen and oxygen atoms in total. The third kappa shape index (κ3) is 7.90. The van der Waals surface area contributed by atoms with Gasteiger partial charge in [0.2, 0.25) is 0 Å². The first kappa shape index (κ1) is 29.2. The zero-order valence-electron chi connectivity index (χ0n) is 21.8. The molecule has 12 heteroatoms. The van der Waals surface area contributed by atoms with Crippen molar-refractivity contribution < 1.29 is 27.5 Å². The number of carbonyl (C=O) groups is 2. The summed E-state index contributed by atoms with van der Waals surface area (Å²) in [5.41, 5.74) is 4.32. The van der Waals surface area contributed by atoms with Gasteiger partial charge in [-0.15, -0.1) is 0 Å². The van der Waals surface area contributed by atoms with Gasteiger partial charge in [0.15, 0.2) is 6.61 Å². The second-order valence-corrected chi connectivity index (χ2v) is 11.7. The number of hydrogen-bond acceptors (Lipinski definition) is 7. The van der Waals surface area contributed by atoms with Crippen LogP contribution in [0.1, 0.15) is 11.1 Å². The molecule has 4 rings (SSSR count). The van der Waals surface area contributed by atoms with Gasteiger partial charge >= 0.3 is 0 Å². The number of morpholine rings is 1. The molecule has 0 atom stereocenters. The standard InChI is InChI=1S/C28H29BrN4O6S/c1-21-2-12-26(13-3-21)40(36,37)33(24-8-6-23(29)7-9-24)19-27(34)31-30-18-22-4-10-25(11-5-22)39-20-28(35)32-14-16-38-17-15-32/h2-13,18H,14-17,19-20H2,1H3,(H,31,34)/b30-18-. The van der Waals surface area contributed by atoms with Gasteiger partial charge in [0, 0.05) is 17.6 Å². The molecular weight excluding hydrogens is 600 g/mol. The van der Waals surface area contributed by atoms with Crippen LogP contribution in [0.15, 0.2) is 87.3 Å². The summed E-state index contributed by atoms with van der Waals surface area (Å²) in [6.45, 7) is 3.50. The van der Waals surface area contributed by atoms with Crippen molar-refractivity contribution in [3.8, 4) is 5.75 Å². The first-order valence-corrected chi connectivity index (χ1v) is 14.7. The van der Waals surface area contributed by atoms with Crippen LogP contribution in [0.25, 0.3) is 0 Å². The molecule has 40 heavy (non-hydrogen) atoms. The Bertz CT molecular complexity index is 1440. The zero-order chi connectivity index (χ0) is 28.5. The molecule has 1 N–H and O–H groups in total. The highest BCUT2D eigenvalue weighted by molar-refractivity contribution is 9.10. The highest BCUT2D eigenvalue weighted by Gasteiger charge is 2.27. The number of aryl methyl sites for hydroxylation is 1. The molecule has 0 bridgehead atoms. The van der Waals surface area contributed by atoms with E-state index in [4.69, 9.17) is 9.47 Å². The number of benzene rings is 3. The predicted molar refractivity (Wildman–Crippen MR) is 155 cm³/mol. The highest BCUT2D eigenvalue weighted by Crippen LogP contribution is 2.25. The summed E-state index contributed by atoms with van der Waals surface area (Å²) in [5.74, 6) is -0.191. The fourth-order valence-electron chi connectivity index (χ4n) is 3.80. The SMILES string of the molecule is Cc1ccc(S(=O)(=O)N(CC(=O)N/N=C\c2ccc(OCC(=O)N3CCOCC3)cc2)c2ccc(Br)cc2)cc1. The van der Waals surface area contributed by atoms with Crippen molar-refractivity contribution in [3.63, 3.8) is 0 Å². The van der Waals surface area contributed by atoms with Gasteiger partial charge in [0.05, 0.1) is 30.0 Å². The summed E-state index contributed by atoms with van der Waals surface area (Å²) >= 11 is 3.35. The van der Waals surface area contributed by atoms with Crippen LogP contribution in [0.4, 0.5) is 5.69 Å². The molecule has 0 unspecified atom stereocenters. The zero-order valence-corrected chi connectivity index (χ0v) is 24.2. The number of anilines is 1. The van der Waals surface area contributed by atoms with Gasteiger partial charge in [-0.2, -0.15) is 5.10 Å². The quantitative estimate of drug-likeness (QED) is 0.272. The van der Waals surface area contributed by atoms with Crippen LogP contribution in [0, 0.1) is 6.92 Å². The molecule has 1 fully saturated rings. The second-order valence-electron chi connectivity index (χ2n) is 8.95. The Morgan fingerprint density at radius 1 is 1.02 bits per heavy atom. The largest absolute Gasteiger partial charge is 0.484 e. The van der Waals surface area contributed by atoms with Crippen LogP contribution in [-0.4, -0.2) is 70.8 Å². The average molecular weight is 630 g/mol. The normalized spacial score (nSPS) is 13.7. The molecule has 1 aliphatic heterocycles. The summed E-state index contributed by atoms with van der Waals surface area (Å²) in [4.78, 5) is 26.7. The van der Waals surface area contributed by atoms with E-state index in [1.165, 1.54) is 18.3 Å². The minimum atomic E-state index is -4.02. The van der Waals surface area contributed by atoms with Gasteiger partial charge in [0.25, 0.3) is 21.8 Å². The second kappa shape index (κ2) is 13.6. The molecule has 3 aromatic rings. The van der Waals surface area contributed by atoms with E-state index in [1.54, 1.807) is 65.6 Å². The maximum Gasteiger partial charge on any atom is 0.264 e. The number of sulfonamides is 1. The number of nitrogens with zero attached hydrogens (tertiary/aromatic N) is 3. The third-order valence-electron chi connectivity index (χ3n) is 6.02. The number of nitrogens with one attached hydrogen (secondary N) is 1. The van der Waals surface area contributed by atoms with Gasteiger partial charge in [-0.05, 0) is 73.2 Å². The molecule has 0 spiro atoms. The van der Waals surface area contributed by atoms with E-state index in [-0.39, 0.29) is 17.4 Å². The van der Waals surface area contributed by atoms with E-state index in [0.29, 0.717) is 43.3 Å². The number of hydrogen-bond donors (Lipinski definition) is 1. The molecule has 3 aromatic carbocycles. The minimum absolute atomic E-state index is 0.0656. The molecule has 0 aromatic heterocycles. The first-order chi connectivity index (χ1) is 19.2. The Hall–Kier alpha value is -3.74. The van der Waals surface area contributed by atoms with Gasteiger partial charge in [-0.3, -0.25) is 13.9 Å². The summed E-state index contributed by atoms with van der Waals surface area (Å²) in [6, 6.07) is 19.9.